The summed E-state index contributed by atoms with van der Waals surface area (Å²) in [6.45, 7) is 0. The summed E-state index contributed by atoms with van der Waals surface area (Å²) in [6, 6.07) is 0. The highest BCUT2D eigenvalue weighted by Crippen LogP contribution is 2.42. The molecule has 0 amide bonds. The van der Waals surface area contributed by atoms with Crippen molar-refractivity contribution in [2.24, 2.45) is 11.8 Å². The second-order valence-corrected chi connectivity index (χ2v) is 3.75. The van der Waals surface area contributed by atoms with E-state index in [4.69, 9.17) is 0 Å². The van der Waals surface area contributed by atoms with E-state index in [0.717, 1.165) is 6.42 Å². The summed E-state index contributed by atoms with van der Waals surface area (Å²) in [5.41, 5.74) is 0. The molecule has 0 saturated heterocycles. The van der Waals surface area contributed by atoms with Gasteiger partial charge in [0.05, 0.1) is 0 Å². The number of fused-ring (bicyclic) bond motifs is 1. The average molecular weight is 187 g/mol. The lowest BCUT2D eigenvalue weighted by atomic mass is 9.75. The highest BCUT2D eigenvalue weighted by Gasteiger charge is 2.44. The van der Waals surface area contributed by atoms with E-state index in [9.17, 15) is 4.79 Å². The first kappa shape index (κ1) is 5.66. The molecular weight excluding hydrogens is 180 g/mol. The van der Waals surface area contributed by atoms with Crippen LogP contribution in [0.1, 0.15) is 6.42 Å². The first-order valence-corrected chi connectivity index (χ1v) is 4.06. The average Bonchev–Trinajstić information content (AvgIpc) is 2.07. The summed E-state index contributed by atoms with van der Waals surface area (Å²) in [6.07, 6.45) is 4.89. The Kier molecular flexibility index (Phi) is 1.06. The van der Waals surface area contributed by atoms with Crippen LogP contribution in [0.15, 0.2) is 12.2 Å². The molecule has 0 aliphatic heterocycles. The van der Waals surface area contributed by atoms with Gasteiger partial charge in [0, 0.05) is 17.2 Å². The van der Waals surface area contributed by atoms with E-state index in [1.807, 2.05) is 6.08 Å². The first-order valence-electron chi connectivity index (χ1n) is 3.14. The molecule has 0 heterocycles. The molecule has 0 spiro atoms. The number of hydrogen-bond acceptors (Lipinski definition) is 1. The minimum absolute atomic E-state index is 0.273. The monoisotopic (exact) mass is 186 g/mol. The Hall–Kier alpha value is -0.110. The number of Topliss-reactive ketones (excluding diaryl/α,β-unsaturated/α-hetero) is 1. The molecule has 0 aromatic carbocycles. The fraction of sp³-hybridized carbons (Fsp3) is 0.571. The zero-order valence-electron chi connectivity index (χ0n) is 4.88. The van der Waals surface area contributed by atoms with Crippen molar-refractivity contribution in [3.63, 3.8) is 0 Å². The number of allylic oxidation sites excluding steroid dienone is 2. The molecule has 1 saturated carbocycles. The van der Waals surface area contributed by atoms with Crippen LogP contribution in [-0.2, 0) is 4.79 Å². The third-order valence-electron chi connectivity index (χ3n) is 2.18. The van der Waals surface area contributed by atoms with Gasteiger partial charge in [-0.15, -0.1) is 0 Å². The van der Waals surface area contributed by atoms with Crippen LogP contribution in [0, 0.1) is 11.8 Å². The summed E-state index contributed by atoms with van der Waals surface area (Å²) >= 11 is 3.48. The molecule has 2 aliphatic carbocycles. The molecule has 1 fully saturated rings. The van der Waals surface area contributed by atoms with E-state index in [-0.39, 0.29) is 5.92 Å². The minimum Gasteiger partial charge on any atom is -0.299 e. The first-order chi connectivity index (χ1) is 4.29. The van der Waals surface area contributed by atoms with Gasteiger partial charge in [-0.1, -0.05) is 28.1 Å². The van der Waals surface area contributed by atoms with Crippen molar-refractivity contribution < 1.29 is 4.79 Å². The lowest BCUT2D eigenvalue weighted by molar-refractivity contribution is -0.130. The Morgan fingerprint density at radius 1 is 1.56 bits per heavy atom. The predicted octanol–water partition coefficient (Wildman–Crippen LogP) is 1.52. The Labute approximate surface area is 62.3 Å². The quantitative estimate of drug-likeness (QED) is 0.415. The summed E-state index contributed by atoms with van der Waals surface area (Å²) in [4.78, 5) is 11.3. The third kappa shape index (κ3) is 0.627. The number of ketones is 1. The number of carbonyl (C=O) groups excluding carboxylic acids is 1. The van der Waals surface area contributed by atoms with Gasteiger partial charge in [0.15, 0.2) is 0 Å². The van der Waals surface area contributed by atoms with Crippen molar-refractivity contribution >= 4 is 21.7 Å². The lowest BCUT2D eigenvalue weighted by Crippen LogP contribution is -2.36. The number of alkyl halides is 1. The molecule has 2 heteroatoms. The Morgan fingerprint density at radius 2 is 2.33 bits per heavy atom. The molecule has 0 radical (unpaired) electrons. The summed E-state index contributed by atoms with van der Waals surface area (Å²) in [5, 5.41) is 0. The van der Waals surface area contributed by atoms with Crippen molar-refractivity contribution in [1.82, 2.24) is 0 Å². The molecule has 9 heavy (non-hydrogen) atoms. The molecule has 48 valence electrons. The summed E-state index contributed by atoms with van der Waals surface area (Å²) in [7, 11) is 0. The van der Waals surface area contributed by atoms with Crippen molar-refractivity contribution in [2.75, 3.05) is 0 Å². The van der Waals surface area contributed by atoms with Gasteiger partial charge in [0.1, 0.15) is 5.78 Å². The number of halogens is 1. The number of carbonyl (C=O) groups is 1. The van der Waals surface area contributed by atoms with E-state index in [0.29, 0.717) is 16.5 Å². The van der Waals surface area contributed by atoms with E-state index in [2.05, 4.69) is 22.0 Å². The van der Waals surface area contributed by atoms with Gasteiger partial charge in [0.25, 0.3) is 0 Å². The van der Waals surface area contributed by atoms with Crippen molar-refractivity contribution in [3.05, 3.63) is 12.2 Å². The molecular formula is C7H7BrO. The summed E-state index contributed by atoms with van der Waals surface area (Å²) in [5.74, 6) is 1.28. The second-order valence-electron chi connectivity index (χ2n) is 2.69. The Balaban J connectivity index is 2.19. The van der Waals surface area contributed by atoms with E-state index >= 15 is 0 Å². The van der Waals surface area contributed by atoms with Gasteiger partial charge in [0.2, 0.25) is 0 Å². The lowest BCUT2D eigenvalue weighted by Gasteiger charge is -2.30. The third-order valence-corrected chi connectivity index (χ3v) is 3.17. The highest BCUT2D eigenvalue weighted by molar-refractivity contribution is 9.09. The normalized spacial score (nSPS) is 46.8. The van der Waals surface area contributed by atoms with Crippen LogP contribution in [0.2, 0.25) is 0 Å². The standard InChI is InChI=1S/C7H7BrO/c8-6-2-1-4-5(6)3-7(4)9/h1-2,4-6H,3H2/t4-,5-,6-/m0/s1. The van der Waals surface area contributed by atoms with E-state index in [1.54, 1.807) is 0 Å². The van der Waals surface area contributed by atoms with Crippen LogP contribution in [0.3, 0.4) is 0 Å². The van der Waals surface area contributed by atoms with Gasteiger partial charge in [-0.3, -0.25) is 4.79 Å². The Morgan fingerprint density at radius 3 is 2.78 bits per heavy atom. The van der Waals surface area contributed by atoms with Crippen LogP contribution >= 0.6 is 15.9 Å². The van der Waals surface area contributed by atoms with Crippen LogP contribution in [0.4, 0.5) is 0 Å². The molecule has 1 nitrogen and oxygen atoms in total. The van der Waals surface area contributed by atoms with Crippen LogP contribution in [0.5, 0.6) is 0 Å². The molecule has 0 N–H and O–H groups in total. The molecule has 0 aromatic heterocycles. The molecule has 2 rings (SSSR count). The maximum atomic E-state index is 10.8. The fourth-order valence-corrected chi connectivity index (χ4v) is 2.19. The molecule has 0 unspecified atom stereocenters. The molecule has 0 bridgehead atoms. The topological polar surface area (TPSA) is 17.1 Å². The van der Waals surface area contributed by atoms with Gasteiger partial charge in [-0.05, 0) is 5.92 Å². The van der Waals surface area contributed by atoms with Gasteiger partial charge in [-0.25, -0.2) is 0 Å². The Bertz CT molecular complexity index is 185. The fourth-order valence-electron chi connectivity index (χ4n) is 1.50. The predicted molar refractivity (Wildman–Crippen MR) is 38.5 cm³/mol. The smallest absolute Gasteiger partial charge is 0.140 e. The van der Waals surface area contributed by atoms with E-state index < -0.39 is 0 Å². The van der Waals surface area contributed by atoms with Gasteiger partial charge < -0.3 is 0 Å². The zero-order chi connectivity index (χ0) is 6.43. The van der Waals surface area contributed by atoms with Crippen LogP contribution < -0.4 is 0 Å². The number of hydrogen-bond donors (Lipinski definition) is 0. The molecule has 2 aliphatic rings. The molecule has 0 aromatic rings. The minimum atomic E-state index is 0.273. The SMILES string of the molecule is O=C1C[C@H]2[C@@H]1C=C[C@@H]2Br. The second kappa shape index (κ2) is 1.69. The van der Waals surface area contributed by atoms with Gasteiger partial charge in [-0.2, -0.15) is 0 Å². The van der Waals surface area contributed by atoms with Crippen LogP contribution in [-0.4, -0.2) is 10.6 Å². The van der Waals surface area contributed by atoms with Gasteiger partial charge >= 0.3 is 0 Å². The van der Waals surface area contributed by atoms with Crippen molar-refractivity contribution in [3.8, 4) is 0 Å². The highest BCUT2D eigenvalue weighted by atomic mass is 79.9. The maximum Gasteiger partial charge on any atom is 0.140 e. The largest absolute Gasteiger partial charge is 0.299 e. The van der Waals surface area contributed by atoms with Crippen molar-refractivity contribution in [1.29, 1.82) is 0 Å². The summed E-state index contributed by atoms with van der Waals surface area (Å²) < 4.78 is 0. The number of rotatable bonds is 0. The molecule has 3 atom stereocenters. The van der Waals surface area contributed by atoms with Crippen LogP contribution in [0.25, 0.3) is 0 Å². The zero-order valence-corrected chi connectivity index (χ0v) is 6.47. The maximum absolute atomic E-state index is 10.8. The van der Waals surface area contributed by atoms with Crippen molar-refractivity contribution in [2.45, 2.75) is 11.2 Å². The van der Waals surface area contributed by atoms with E-state index in [1.165, 1.54) is 0 Å².